The summed E-state index contributed by atoms with van der Waals surface area (Å²) in [6, 6.07) is 5.98. The Morgan fingerprint density at radius 2 is 1.86 bits per heavy atom. The van der Waals surface area contributed by atoms with Crippen LogP contribution in [0.25, 0.3) is 0 Å². The second kappa shape index (κ2) is 8.15. The first kappa shape index (κ1) is 16.8. The van der Waals surface area contributed by atoms with Gasteiger partial charge in [-0.25, -0.2) is 0 Å². The van der Waals surface area contributed by atoms with Crippen LogP contribution in [0.4, 0.5) is 0 Å². The maximum Gasteiger partial charge on any atom is 0.175 e. The molecule has 1 aromatic carbocycles. The van der Waals surface area contributed by atoms with Crippen molar-refractivity contribution < 1.29 is 9.47 Å². The second-order valence-electron chi connectivity index (χ2n) is 4.27. The van der Waals surface area contributed by atoms with Crippen molar-refractivity contribution in [2.75, 3.05) is 6.61 Å². The van der Waals surface area contributed by atoms with Crippen molar-refractivity contribution in [1.82, 2.24) is 4.98 Å². The number of alkyl halides is 1. The lowest BCUT2D eigenvalue weighted by atomic mass is 10.2. The minimum absolute atomic E-state index is 0.429. The van der Waals surface area contributed by atoms with Crippen molar-refractivity contribution in [2.45, 2.75) is 18.9 Å². The van der Waals surface area contributed by atoms with Gasteiger partial charge in [-0.1, -0.05) is 15.9 Å². The Bertz CT molecular complexity index is 620. The van der Waals surface area contributed by atoms with Gasteiger partial charge >= 0.3 is 0 Å². The molecular weight excluding hydrogens is 466 g/mol. The molecule has 0 spiro atoms. The Labute approximate surface area is 149 Å². The van der Waals surface area contributed by atoms with E-state index in [-0.39, 0.29) is 0 Å². The Morgan fingerprint density at radius 3 is 2.52 bits per heavy atom. The number of rotatable bonds is 6. The minimum Gasteiger partial charge on any atom is -0.490 e. The van der Waals surface area contributed by atoms with Crippen LogP contribution in [-0.2, 0) is 11.9 Å². The van der Waals surface area contributed by atoms with Gasteiger partial charge in [0.05, 0.1) is 11.1 Å². The lowest BCUT2D eigenvalue weighted by Gasteiger charge is -2.15. The summed E-state index contributed by atoms with van der Waals surface area (Å²) in [5, 5.41) is 0.765. The monoisotopic (exact) mass is 477 g/mol. The van der Waals surface area contributed by atoms with Crippen molar-refractivity contribution in [3.63, 3.8) is 0 Å². The number of hydrogen-bond donors (Lipinski definition) is 0. The molecule has 2 aromatic rings. The summed E-state index contributed by atoms with van der Waals surface area (Å²) >= 11 is 10.4. The molecule has 0 aliphatic heterocycles. The Kier molecular flexibility index (Phi) is 6.51. The molecule has 0 atom stereocenters. The van der Waals surface area contributed by atoms with E-state index in [1.807, 2.05) is 25.1 Å². The molecule has 0 radical (unpaired) electrons. The van der Waals surface area contributed by atoms with Crippen LogP contribution < -0.4 is 9.47 Å². The average Bonchev–Trinajstić information content (AvgIpc) is 2.46. The van der Waals surface area contributed by atoms with E-state index in [0.29, 0.717) is 19.0 Å². The smallest absolute Gasteiger partial charge is 0.175 e. The molecule has 0 fully saturated rings. The average molecular weight is 480 g/mol. The third kappa shape index (κ3) is 4.69. The largest absolute Gasteiger partial charge is 0.490 e. The molecule has 3 nitrogen and oxygen atoms in total. The van der Waals surface area contributed by atoms with E-state index in [0.717, 1.165) is 31.2 Å². The topological polar surface area (TPSA) is 31.4 Å². The van der Waals surface area contributed by atoms with Gasteiger partial charge in [0.1, 0.15) is 6.61 Å². The summed E-state index contributed by atoms with van der Waals surface area (Å²) in [7, 11) is 0. The summed E-state index contributed by atoms with van der Waals surface area (Å²) in [6.45, 7) is 2.97. The Morgan fingerprint density at radius 1 is 1.05 bits per heavy atom. The SMILES string of the molecule is CCOc1cc(CBr)cc(Br)c1OCc1cncc(Br)c1. The van der Waals surface area contributed by atoms with Crippen LogP contribution in [0.15, 0.2) is 39.5 Å². The molecule has 1 heterocycles. The number of nitrogens with zero attached hydrogens (tertiary/aromatic N) is 1. The second-order valence-corrected chi connectivity index (χ2v) is 6.60. The molecule has 112 valence electrons. The van der Waals surface area contributed by atoms with Gasteiger partial charge in [-0.15, -0.1) is 0 Å². The van der Waals surface area contributed by atoms with Crippen LogP contribution in [0.2, 0.25) is 0 Å². The molecule has 0 unspecified atom stereocenters. The highest BCUT2D eigenvalue weighted by Crippen LogP contribution is 2.38. The first-order valence-electron chi connectivity index (χ1n) is 6.37. The highest BCUT2D eigenvalue weighted by molar-refractivity contribution is 9.11. The maximum absolute atomic E-state index is 5.91. The first-order valence-corrected chi connectivity index (χ1v) is 9.08. The summed E-state index contributed by atoms with van der Waals surface area (Å²) < 4.78 is 13.4. The van der Waals surface area contributed by atoms with E-state index in [2.05, 4.69) is 52.8 Å². The number of benzene rings is 1. The number of aromatic nitrogens is 1. The van der Waals surface area contributed by atoms with Gasteiger partial charge in [-0.05, 0) is 62.5 Å². The molecule has 6 heteroatoms. The molecule has 0 bridgehead atoms. The quantitative estimate of drug-likeness (QED) is 0.514. The van der Waals surface area contributed by atoms with Crippen LogP contribution in [0.3, 0.4) is 0 Å². The fourth-order valence-corrected chi connectivity index (χ4v) is 3.13. The summed E-state index contributed by atoms with van der Waals surface area (Å²) in [4.78, 5) is 4.13. The zero-order valence-electron chi connectivity index (χ0n) is 11.4. The zero-order valence-corrected chi connectivity index (χ0v) is 16.2. The van der Waals surface area contributed by atoms with E-state index in [1.165, 1.54) is 0 Å². The minimum atomic E-state index is 0.429. The highest BCUT2D eigenvalue weighted by atomic mass is 79.9. The van der Waals surface area contributed by atoms with Crippen LogP contribution in [0, 0.1) is 0 Å². The molecule has 0 aliphatic rings. The number of pyridine rings is 1. The standard InChI is InChI=1S/C15H14Br3NO2/c1-2-20-14-5-10(6-16)4-13(18)15(14)21-9-11-3-12(17)8-19-7-11/h3-5,7-8H,2,6,9H2,1H3. The molecule has 0 amide bonds. The zero-order chi connectivity index (χ0) is 15.2. The lowest BCUT2D eigenvalue weighted by molar-refractivity contribution is 0.267. The van der Waals surface area contributed by atoms with Gasteiger partial charge in [0.15, 0.2) is 11.5 Å². The van der Waals surface area contributed by atoms with Gasteiger partial charge < -0.3 is 9.47 Å². The van der Waals surface area contributed by atoms with E-state index in [9.17, 15) is 0 Å². The predicted octanol–water partition coefficient (Wildman–Crippen LogP) is 5.48. The van der Waals surface area contributed by atoms with E-state index in [4.69, 9.17) is 9.47 Å². The van der Waals surface area contributed by atoms with Crippen LogP contribution in [0.1, 0.15) is 18.1 Å². The molecule has 0 aliphatic carbocycles. The molecule has 0 saturated heterocycles. The van der Waals surface area contributed by atoms with Gasteiger partial charge in [0.25, 0.3) is 0 Å². The van der Waals surface area contributed by atoms with Gasteiger partial charge in [0.2, 0.25) is 0 Å². The molecule has 1 aromatic heterocycles. The molecule has 0 N–H and O–H groups in total. The van der Waals surface area contributed by atoms with E-state index < -0.39 is 0 Å². The number of hydrogen-bond acceptors (Lipinski definition) is 3. The maximum atomic E-state index is 5.91. The Balaban J connectivity index is 2.22. The number of halogens is 3. The van der Waals surface area contributed by atoms with Crippen molar-refractivity contribution in [3.8, 4) is 11.5 Å². The molecule has 2 rings (SSSR count). The third-order valence-corrected chi connectivity index (χ3v) is 4.34. The third-order valence-electron chi connectivity index (χ3n) is 2.67. The molecule has 21 heavy (non-hydrogen) atoms. The van der Waals surface area contributed by atoms with Crippen molar-refractivity contribution in [3.05, 3.63) is 50.7 Å². The summed E-state index contributed by atoms with van der Waals surface area (Å²) in [5.74, 6) is 1.45. The van der Waals surface area contributed by atoms with Crippen LogP contribution in [-0.4, -0.2) is 11.6 Å². The van der Waals surface area contributed by atoms with Gasteiger partial charge in [-0.2, -0.15) is 0 Å². The van der Waals surface area contributed by atoms with Crippen LogP contribution >= 0.6 is 47.8 Å². The summed E-state index contributed by atoms with van der Waals surface area (Å²) in [6.07, 6.45) is 3.53. The normalized spacial score (nSPS) is 10.5. The fraction of sp³-hybridized carbons (Fsp3) is 0.267. The number of ether oxygens (including phenoxy) is 2. The van der Waals surface area contributed by atoms with Gasteiger partial charge in [0, 0.05) is 27.8 Å². The van der Waals surface area contributed by atoms with Crippen LogP contribution in [0.5, 0.6) is 11.5 Å². The molecule has 0 saturated carbocycles. The first-order chi connectivity index (χ1) is 10.1. The lowest BCUT2D eigenvalue weighted by Crippen LogP contribution is -2.01. The predicted molar refractivity (Wildman–Crippen MR) is 94.2 cm³/mol. The van der Waals surface area contributed by atoms with Gasteiger partial charge in [-0.3, -0.25) is 4.98 Å². The molecular formula is C15H14Br3NO2. The van der Waals surface area contributed by atoms with E-state index in [1.54, 1.807) is 12.4 Å². The highest BCUT2D eigenvalue weighted by Gasteiger charge is 2.12. The van der Waals surface area contributed by atoms with Crippen molar-refractivity contribution in [1.29, 1.82) is 0 Å². The van der Waals surface area contributed by atoms with Crippen molar-refractivity contribution >= 4 is 47.8 Å². The fourth-order valence-electron chi connectivity index (χ4n) is 1.79. The summed E-state index contributed by atoms with van der Waals surface area (Å²) in [5.41, 5.74) is 2.12. The Hall–Kier alpha value is -0.590. The van der Waals surface area contributed by atoms with Crippen molar-refractivity contribution in [2.24, 2.45) is 0 Å². The van der Waals surface area contributed by atoms with E-state index >= 15 is 0 Å².